The summed E-state index contributed by atoms with van der Waals surface area (Å²) < 4.78 is 24.8. The highest BCUT2D eigenvalue weighted by molar-refractivity contribution is 7.61. The van der Waals surface area contributed by atoms with Crippen LogP contribution in [0.3, 0.4) is 0 Å². The molecule has 2 heterocycles. The Morgan fingerprint density at radius 3 is 2.91 bits per heavy atom. The molecule has 0 unspecified atom stereocenters. The van der Waals surface area contributed by atoms with Gasteiger partial charge in [-0.15, -0.1) is 0 Å². The van der Waals surface area contributed by atoms with Crippen LogP contribution in [0.25, 0.3) is 10.2 Å². The maximum Gasteiger partial charge on any atom is 0.379 e. The Labute approximate surface area is 135 Å². The molecule has 8 heteroatoms. The molecule has 0 spiro atoms. The molecule has 3 aromatic rings. The summed E-state index contributed by atoms with van der Waals surface area (Å²) in [5, 5.41) is 4.04. The molecule has 1 aliphatic rings. The Kier molecular flexibility index (Phi) is 3.26. The van der Waals surface area contributed by atoms with Crippen molar-refractivity contribution in [1.82, 2.24) is 4.98 Å². The first-order chi connectivity index (χ1) is 10.6. The van der Waals surface area contributed by atoms with Crippen molar-refractivity contribution in [3.63, 3.8) is 0 Å². The summed E-state index contributed by atoms with van der Waals surface area (Å²) in [6.45, 7) is 0. The zero-order valence-corrected chi connectivity index (χ0v) is 13.6. The van der Waals surface area contributed by atoms with E-state index in [2.05, 4.69) is 10.1 Å². The van der Waals surface area contributed by atoms with Gasteiger partial charge in [0.1, 0.15) is 0 Å². The van der Waals surface area contributed by atoms with Gasteiger partial charge >= 0.3 is 7.52 Å². The third-order valence-electron chi connectivity index (χ3n) is 3.10. The number of nitrogens with one attached hydrogen (secondary N) is 1. The van der Waals surface area contributed by atoms with Gasteiger partial charge in [0, 0.05) is 5.02 Å². The second-order valence-corrected chi connectivity index (χ2v) is 8.21. The highest BCUT2D eigenvalue weighted by Gasteiger charge is 2.33. The molecule has 0 fully saturated rings. The fourth-order valence-corrected chi connectivity index (χ4v) is 5.01. The van der Waals surface area contributed by atoms with Crippen molar-refractivity contribution >= 4 is 45.8 Å². The van der Waals surface area contributed by atoms with Crippen LogP contribution in [0.1, 0.15) is 0 Å². The van der Waals surface area contributed by atoms with E-state index >= 15 is 0 Å². The summed E-state index contributed by atoms with van der Waals surface area (Å²) in [7, 11) is -3.19. The van der Waals surface area contributed by atoms with Crippen LogP contribution in [-0.2, 0) is 4.57 Å². The number of aromatic nitrogens is 1. The number of hydrogen-bond donors (Lipinski definition) is 1. The average molecular weight is 353 g/mol. The van der Waals surface area contributed by atoms with Gasteiger partial charge in [-0.3, -0.25) is 5.09 Å². The summed E-state index contributed by atoms with van der Waals surface area (Å²) in [5.74, 6) is 1.06. The molecule has 0 saturated carbocycles. The maximum atomic E-state index is 12.8. The van der Waals surface area contributed by atoms with Gasteiger partial charge in [-0.2, -0.15) is 0 Å². The number of benzene rings is 2. The number of hydrogen-bond acceptors (Lipinski definition) is 5. The van der Waals surface area contributed by atoms with Crippen LogP contribution in [0.15, 0.2) is 42.5 Å². The first-order valence-electron chi connectivity index (χ1n) is 6.46. The molecule has 0 amide bonds. The number of rotatable bonds is 2. The zero-order valence-electron chi connectivity index (χ0n) is 11.2. The molecule has 1 atom stereocenters. The molecule has 0 bridgehead atoms. The second-order valence-electron chi connectivity index (χ2n) is 4.73. The second kappa shape index (κ2) is 5.16. The van der Waals surface area contributed by atoms with Crippen molar-refractivity contribution in [2.75, 3.05) is 11.4 Å². The minimum atomic E-state index is -3.19. The third-order valence-corrected chi connectivity index (χ3v) is 5.93. The molecular weight excluding hydrogens is 343 g/mol. The van der Waals surface area contributed by atoms with Gasteiger partial charge in [0.15, 0.2) is 23.0 Å². The molecule has 1 aliphatic heterocycles. The van der Waals surface area contributed by atoms with Gasteiger partial charge in [0.05, 0.1) is 10.2 Å². The molecular formula is C14H10ClN2O3PS. The Morgan fingerprint density at radius 1 is 1.23 bits per heavy atom. The van der Waals surface area contributed by atoms with E-state index in [1.807, 2.05) is 18.2 Å². The number of thiazole rings is 1. The quantitative estimate of drug-likeness (QED) is 0.659. The zero-order chi connectivity index (χ0) is 15.2. The standard InChI is InChI=1S/C14H10ClN2O3PS/c15-9-5-6-10-13(7-9)22-14(16-10)17-21(18)8-19-11-3-1-2-4-12(11)20-21/h1-7H,8H2,(H,16,17,18)/t21-/m1/s1. The van der Waals surface area contributed by atoms with E-state index in [9.17, 15) is 4.57 Å². The summed E-state index contributed by atoms with van der Waals surface area (Å²) in [4.78, 5) is 4.39. The molecule has 2 aromatic carbocycles. The van der Waals surface area contributed by atoms with E-state index in [0.717, 1.165) is 10.2 Å². The fourth-order valence-electron chi connectivity index (χ4n) is 2.13. The SMILES string of the molecule is O=[P@]1(Nc2nc3ccc(Cl)cc3s2)COc2ccccc2O1. The highest BCUT2D eigenvalue weighted by Crippen LogP contribution is 2.53. The molecule has 0 saturated heterocycles. The van der Waals surface area contributed by atoms with E-state index in [-0.39, 0.29) is 6.35 Å². The fraction of sp³-hybridized carbons (Fsp3) is 0.0714. The van der Waals surface area contributed by atoms with Gasteiger partial charge in [0.2, 0.25) is 0 Å². The van der Waals surface area contributed by atoms with Gasteiger partial charge in [-0.1, -0.05) is 35.1 Å². The number of halogens is 1. The number of para-hydroxylation sites is 2. The largest absolute Gasteiger partial charge is 0.476 e. The van der Waals surface area contributed by atoms with E-state index in [1.54, 1.807) is 24.3 Å². The van der Waals surface area contributed by atoms with Crippen LogP contribution in [-0.4, -0.2) is 11.3 Å². The van der Waals surface area contributed by atoms with Crippen molar-refractivity contribution in [2.45, 2.75) is 0 Å². The summed E-state index contributed by atoms with van der Waals surface area (Å²) in [6, 6.07) is 12.6. The Hall–Kier alpha value is -1.75. The van der Waals surface area contributed by atoms with Crippen LogP contribution < -0.4 is 14.3 Å². The van der Waals surface area contributed by atoms with Crippen LogP contribution in [0.4, 0.5) is 5.13 Å². The lowest BCUT2D eigenvalue weighted by atomic mass is 10.3. The van der Waals surface area contributed by atoms with E-state index in [4.69, 9.17) is 20.9 Å². The van der Waals surface area contributed by atoms with E-state index in [0.29, 0.717) is 21.7 Å². The number of ether oxygens (including phenoxy) is 1. The van der Waals surface area contributed by atoms with Crippen molar-refractivity contribution in [3.8, 4) is 11.5 Å². The topological polar surface area (TPSA) is 60.5 Å². The van der Waals surface area contributed by atoms with Crippen molar-refractivity contribution in [3.05, 3.63) is 47.5 Å². The minimum absolute atomic E-state index is 0.0410. The molecule has 1 aromatic heterocycles. The molecule has 0 radical (unpaired) electrons. The maximum absolute atomic E-state index is 12.8. The molecule has 1 N–H and O–H groups in total. The van der Waals surface area contributed by atoms with Gasteiger partial charge < -0.3 is 9.26 Å². The molecule has 0 aliphatic carbocycles. The molecule has 4 rings (SSSR count). The van der Waals surface area contributed by atoms with Crippen LogP contribution in [0.2, 0.25) is 5.02 Å². The van der Waals surface area contributed by atoms with Crippen molar-refractivity contribution < 1.29 is 13.8 Å². The highest BCUT2D eigenvalue weighted by atomic mass is 35.5. The third kappa shape index (κ3) is 2.54. The van der Waals surface area contributed by atoms with Gasteiger partial charge in [-0.05, 0) is 30.3 Å². The van der Waals surface area contributed by atoms with Crippen molar-refractivity contribution in [2.24, 2.45) is 0 Å². The summed E-state index contributed by atoms with van der Waals surface area (Å²) >= 11 is 7.33. The lowest BCUT2D eigenvalue weighted by molar-refractivity contribution is 0.316. The number of fused-ring (bicyclic) bond motifs is 2. The number of anilines is 1. The predicted molar refractivity (Wildman–Crippen MR) is 88.4 cm³/mol. The van der Waals surface area contributed by atoms with Gasteiger partial charge in [-0.25, -0.2) is 9.55 Å². The lowest BCUT2D eigenvalue weighted by Gasteiger charge is -2.26. The Morgan fingerprint density at radius 2 is 2.05 bits per heavy atom. The first-order valence-corrected chi connectivity index (χ1v) is 9.47. The molecule has 112 valence electrons. The van der Waals surface area contributed by atoms with Crippen LogP contribution >= 0.6 is 30.5 Å². The first kappa shape index (κ1) is 13.9. The Balaban J connectivity index is 1.63. The van der Waals surface area contributed by atoms with Crippen molar-refractivity contribution in [1.29, 1.82) is 0 Å². The number of nitrogens with zero attached hydrogens (tertiary/aromatic N) is 1. The minimum Gasteiger partial charge on any atom is -0.476 e. The molecule has 5 nitrogen and oxygen atoms in total. The average Bonchev–Trinajstić information content (AvgIpc) is 2.87. The summed E-state index contributed by atoms with van der Waals surface area (Å²) in [5.41, 5.74) is 0.793. The lowest BCUT2D eigenvalue weighted by Crippen LogP contribution is -2.16. The normalized spacial score (nSPS) is 20.0. The van der Waals surface area contributed by atoms with E-state index < -0.39 is 7.52 Å². The smallest absolute Gasteiger partial charge is 0.379 e. The summed E-state index contributed by atoms with van der Waals surface area (Å²) in [6.07, 6.45) is -0.0410. The van der Waals surface area contributed by atoms with Gasteiger partial charge in [0.25, 0.3) is 0 Å². The Bertz CT molecular complexity index is 914. The molecule has 22 heavy (non-hydrogen) atoms. The monoisotopic (exact) mass is 352 g/mol. The van der Waals surface area contributed by atoms with Crippen LogP contribution in [0.5, 0.6) is 11.5 Å². The predicted octanol–water partition coefficient (Wildman–Crippen LogP) is 4.98. The van der Waals surface area contributed by atoms with Crippen LogP contribution in [0, 0.1) is 0 Å². The van der Waals surface area contributed by atoms with E-state index in [1.165, 1.54) is 11.3 Å².